The molecule has 0 aliphatic rings. The number of carbonyl (C=O) groups excluding carboxylic acids is 1. The molecule has 1 heterocycles. The average Bonchev–Trinajstić information content (AvgIpc) is 3.09. The van der Waals surface area contributed by atoms with Crippen molar-refractivity contribution in [3.8, 4) is 0 Å². The first-order valence-electron chi connectivity index (χ1n) is 8.35. The van der Waals surface area contributed by atoms with Gasteiger partial charge in [-0.1, -0.05) is 36.4 Å². The molecule has 0 bridgehead atoms. The molecule has 0 amide bonds. The van der Waals surface area contributed by atoms with E-state index in [-0.39, 0.29) is 17.4 Å². The number of sulfonamides is 1. The standard InChI is InChI=1S/C18H19N3O4S2/c1-12(2)25-17(22)11-15(13-7-4-3-5-8-13)21-27(23,24)16-10-6-9-14-18(16)20-26-19-14/h3-10,12,15,21H,11H2,1-2H3/t15-/m0/s1. The van der Waals surface area contributed by atoms with Crippen LogP contribution in [0.15, 0.2) is 53.4 Å². The van der Waals surface area contributed by atoms with Crippen molar-refractivity contribution in [1.82, 2.24) is 13.5 Å². The van der Waals surface area contributed by atoms with Crippen molar-refractivity contribution in [2.75, 3.05) is 0 Å². The monoisotopic (exact) mass is 405 g/mol. The molecule has 3 rings (SSSR count). The van der Waals surface area contributed by atoms with Crippen LogP contribution in [0.3, 0.4) is 0 Å². The van der Waals surface area contributed by atoms with E-state index in [1.165, 1.54) is 6.07 Å². The Morgan fingerprint density at radius 3 is 2.56 bits per heavy atom. The van der Waals surface area contributed by atoms with Crippen LogP contribution in [0.1, 0.15) is 31.9 Å². The average molecular weight is 406 g/mol. The predicted molar refractivity (Wildman–Crippen MR) is 103 cm³/mol. The third-order valence-corrected chi connectivity index (χ3v) is 5.82. The number of ether oxygens (including phenoxy) is 1. The van der Waals surface area contributed by atoms with Gasteiger partial charge in [-0.05, 0) is 31.5 Å². The number of hydrogen-bond donors (Lipinski definition) is 1. The van der Waals surface area contributed by atoms with Crippen molar-refractivity contribution in [1.29, 1.82) is 0 Å². The Labute approximate surface area is 161 Å². The minimum absolute atomic E-state index is 0.0342. The number of esters is 1. The van der Waals surface area contributed by atoms with E-state index in [0.717, 1.165) is 11.7 Å². The minimum atomic E-state index is -3.93. The van der Waals surface area contributed by atoms with Gasteiger partial charge in [0.15, 0.2) is 0 Å². The fraction of sp³-hybridized carbons (Fsp3) is 0.278. The topological polar surface area (TPSA) is 98.2 Å². The first-order chi connectivity index (χ1) is 12.9. The van der Waals surface area contributed by atoms with E-state index in [9.17, 15) is 13.2 Å². The Bertz CT molecular complexity index is 1030. The lowest BCUT2D eigenvalue weighted by Gasteiger charge is -2.19. The second kappa shape index (κ2) is 8.12. The van der Waals surface area contributed by atoms with Crippen LogP contribution in [-0.4, -0.2) is 29.2 Å². The molecule has 1 aromatic heterocycles. The first kappa shape index (κ1) is 19.4. The van der Waals surface area contributed by atoms with E-state index >= 15 is 0 Å². The zero-order chi connectivity index (χ0) is 19.4. The molecule has 2 aromatic carbocycles. The summed E-state index contributed by atoms with van der Waals surface area (Å²) in [5, 5.41) is 0. The number of fused-ring (bicyclic) bond motifs is 1. The highest BCUT2D eigenvalue weighted by molar-refractivity contribution is 7.89. The maximum atomic E-state index is 13.0. The van der Waals surface area contributed by atoms with Gasteiger partial charge in [0.1, 0.15) is 15.9 Å². The molecule has 1 atom stereocenters. The van der Waals surface area contributed by atoms with Gasteiger partial charge in [-0.2, -0.15) is 8.75 Å². The molecule has 0 unspecified atom stereocenters. The summed E-state index contributed by atoms with van der Waals surface area (Å²) in [6.45, 7) is 3.49. The molecule has 1 N–H and O–H groups in total. The third kappa shape index (κ3) is 4.68. The molecular weight excluding hydrogens is 386 g/mol. The smallest absolute Gasteiger partial charge is 0.308 e. The van der Waals surface area contributed by atoms with Crippen molar-refractivity contribution in [2.45, 2.75) is 37.3 Å². The Morgan fingerprint density at radius 1 is 1.11 bits per heavy atom. The van der Waals surface area contributed by atoms with Crippen LogP contribution in [-0.2, 0) is 19.6 Å². The normalized spacial score (nSPS) is 13.0. The van der Waals surface area contributed by atoms with E-state index in [1.54, 1.807) is 50.2 Å². The summed E-state index contributed by atoms with van der Waals surface area (Å²) in [6, 6.07) is 13.0. The second-order valence-electron chi connectivity index (χ2n) is 6.22. The molecule has 27 heavy (non-hydrogen) atoms. The molecule has 0 saturated carbocycles. The molecule has 0 fully saturated rings. The number of hydrogen-bond acceptors (Lipinski definition) is 7. The van der Waals surface area contributed by atoms with E-state index in [2.05, 4.69) is 13.5 Å². The SMILES string of the molecule is CC(C)OC(=O)C[C@H](NS(=O)(=O)c1cccc2nsnc12)c1ccccc1. The van der Waals surface area contributed by atoms with Gasteiger partial charge < -0.3 is 4.74 Å². The van der Waals surface area contributed by atoms with Gasteiger partial charge in [0.05, 0.1) is 30.3 Å². The summed E-state index contributed by atoms with van der Waals surface area (Å²) in [4.78, 5) is 12.2. The summed E-state index contributed by atoms with van der Waals surface area (Å²) in [5.74, 6) is -0.477. The molecule has 0 aliphatic carbocycles. The lowest BCUT2D eigenvalue weighted by Crippen LogP contribution is -2.31. The van der Waals surface area contributed by atoms with Gasteiger partial charge in [0.2, 0.25) is 10.0 Å². The highest BCUT2D eigenvalue weighted by Gasteiger charge is 2.26. The lowest BCUT2D eigenvalue weighted by molar-refractivity contribution is -0.147. The molecule has 142 valence electrons. The summed E-state index contributed by atoms with van der Waals surface area (Å²) in [7, 11) is -3.93. The Balaban J connectivity index is 1.93. The third-order valence-electron chi connectivity index (χ3n) is 3.78. The van der Waals surface area contributed by atoms with Crippen LogP contribution in [0.5, 0.6) is 0 Å². The van der Waals surface area contributed by atoms with Crippen molar-refractivity contribution >= 4 is 38.8 Å². The van der Waals surface area contributed by atoms with Crippen LogP contribution < -0.4 is 4.72 Å². The maximum Gasteiger partial charge on any atom is 0.308 e. The fourth-order valence-corrected chi connectivity index (χ4v) is 4.63. The maximum absolute atomic E-state index is 13.0. The van der Waals surface area contributed by atoms with E-state index in [1.807, 2.05) is 6.07 Å². The molecular formula is C18H19N3O4S2. The number of nitrogens with one attached hydrogen (secondary N) is 1. The van der Waals surface area contributed by atoms with Crippen LogP contribution in [0, 0.1) is 0 Å². The molecule has 0 radical (unpaired) electrons. The number of aromatic nitrogens is 2. The van der Waals surface area contributed by atoms with E-state index in [0.29, 0.717) is 16.6 Å². The van der Waals surface area contributed by atoms with Gasteiger partial charge in [0.25, 0.3) is 0 Å². The lowest BCUT2D eigenvalue weighted by atomic mass is 10.1. The van der Waals surface area contributed by atoms with Crippen LogP contribution in [0.25, 0.3) is 11.0 Å². The Hall–Kier alpha value is -2.36. The van der Waals surface area contributed by atoms with Crippen LogP contribution in [0.2, 0.25) is 0 Å². The number of benzene rings is 2. The van der Waals surface area contributed by atoms with Gasteiger partial charge in [-0.25, -0.2) is 13.1 Å². The quantitative estimate of drug-likeness (QED) is 0.607. The molecule has 7 nitrogen and oxygen atoms in total. The zero-order valence-corrected chi connectivity index (χ0v) is 16.5. The highest BCUT2D eigenvalue weighted by atomic mass is 32.2. The highest BCUT2D eigenvalue weighted by Crippen LogP contribution is 2.25. The summed E-state index contributed by atoms with van der Waals surface area (Å²) >= 11 is 0.950. The van der Waals surface area contributed by atoms with Gasteiger partial charge >= 0.3 is 5.97 Å². The molecule has 0 aliphatic heterocycles. The van der Waals surface area contributed by atoms with Crippen molar-refractivity contribution in [2.24, 2.45) is 0 Å². The molecule has 0 spiro atoms. The second-order valence-corrected chi connectivity index (χ2v) is 8.43. The summed E-state index contributed by atoms with van der Waals surface area (Å²) in [6.07, 6.45) is -0.396. The molecule has 0 saturated heterocycles. The van der Waals surface area contributed by atoms with Crippen molar-refractivity contribution < 1.29 is 17.9 Å². The summed E-state index contributed by atoms with van der Waals surface area (Å²) < 4.78 is 42.0. The minimum Gasteiger partial charge on any atom is -0.463 e. The van der Waals surface area contributed by atoms with E-state index in [4.69, 9.17) is 4.74 Å². The first-order valence-corrected chi connectivity index (χ1v) is 10.6. The van der Waals surface area contributed by atoms with Gasteiger partial charge in [-0.3, -0.25) is 4.79 Å². The number of nitrogens with zero attached hydrogens (tertiary/aromatic N) is 2. The van der Waals surface area contributed by atoms with Crippen LogP contribution >= 0.6 is 11.7 Å². The van der Waals surface area contributed by atoms with Crippen molar-refractivity contribution in [3.05, 3.63) is 54.1 Å². The largest absolute Gasteiger partial charge is 0.463 e. The zero-order valence-electron chi connectivity index (χ0n) is 14.8. The Morgan fingerprint density at radius 2 is 1.85 bits per heavy atom. The van der Waals surface area contributed by atoms with Crippen molar-refractivity contribution in [3.63, 3.8) is 0 Å². The number of rotatable bonds is 7. The fourth-order valence-electron chi connectivity index (χ4n) is 2.64. The molecule has 3 aromatic rings. The van der Waals surface area contributed by atoms with Gasteiger partial charge in [0, 0.05) is 0 Å². The molecule has 9 heteroatoms. The summed E-state index contributed by atoms with van der Waals surface area (Å²) in [5.41, 5.74) is 1.50. The van der Waals surface area contributed by atoms with Gasteiger partial charge in [-0.15, -0.1) is 0 Å². The van der Waals surface area contributed by atoms with E-state index < -0.39 is 22.0 Å². The Kier molecular flexibility index (Phi) is 5.83. The number of carbonyl (C=O) groups is 1. The predicted octanol–water partition coefficient (Wildman–Crippen LogP) is 3.05. The van der Waals surface area contributed by atoms with Crippen LogP contribution in [0.4, 0.5) is 0 Å².